The third-order valence-corrected chi connectivity index (χ3v) is 0. The zero-order chi connectivity index (χ0) is 9.00. The lowest BCUT2D eigenvalue weighted by atomic mass is 11.9. The first kappa shape index (κ1) is 12.6. The van der Waals surface area contributed by atoms with Crippen molar-refractivity contribution < 1.29 is 16.8 Å². The molecule has 0 rings (SSSR count). The summed E-state index contributed by atoms with van der Waals surface area (Å²) >= 11 is 0. The SMILES string of the molecule is CS(C)(=O)=O.CS(C)(=O)=O. The summed E-state index contributed by atoms with van der Waals surface area (Å²) in [6.45, 7) is 0. The van der Waals surface area contributed by atoms with Gasteiger partial charge in [-0.15, -0.1) is 0 Å². The third kappa shape index (κ3) is 37600. The molecule has 0 amide bonds. The Hall–Kier alpha value is -0.100. The molecule has 0 radical (unpaired) electrons. The Bertz CT molecular complexity index is 212. The van der Waals surface area contributed by atoms with Gasteiger partial charge in [0.05, 0.1) is 0 Å². The van der Waals surface area contributed by atoms with Crippen molar-refractivity contribution in [1.82, 2.24) is 0 Å². The number of rotatable bonds is 0. The molecule has 0 aliphatic heterocycles. The molecule has 64 valence electrons. The van der Waals surface area contributed by atoms with Crippen molar-refractivity contribution >= 4 is 19.7 Å². The topological polar surface area (TPSA) is 68.3 Å². The predicted octanol–water partition coefficient (Wildman–Crippen LogP) is -0.678. The van der Waals surface area contributed by atoms with E-state index in [0.29, 0.717) is 0 Å². The van der Waals surface area contributed by atoms with Gasteiger partial charge in [-0.1, -0.05) is 0 Å². The molecule has 0 N–H and O–H groups in total. The average molecular weight is 188 g/mol. The van der Waals surface area contributed by atoms with E-state index in [1.807, 2.05) is 0 Å². The summed E-state index contributed by atoms with van der Waals surface area (Å²) in [6.07, 6.45) is 4.64. The minimum atomic E-state index is -2.67. The van der Waals surface area contributed by atoms with Crippen LogP contribution >= 0.6 is 0 Å². The minimum absolute atomic E-state index is 1.16. The molecule has 0 aliphatic rings. The lowest BCUT2D eigenvalue weighted by Crippen LogP contribution is -1.86. The summed E-state index contributed by atoms with van der Waals surface area (Å²) in [5.41, 5.74) is 0. The van der Waals surface area contributed by atoms with Crippen LogP contribution in [0.4, 0.5) is 0 Å². The fourth-order valence-electron chi connectivity index (χ4n) is 0. The molecule has 0 saturated heterocycles. The van der Waals surface area contributed by atoms with Gasteiger partial charge in [0.25, 0.3) is 0 Å². The molecule has 0 unspecified atom stereocenters. The van der Waals surface area contributed by atoms with Crippen molar-refractivity contribution in [3.8, 4) is 0 Å². The molecule has 0 heterocycles. The molecule has 0 aromatic carbocycles. The highest BCUT2D eigenvalue weighted by molar-refractivity contribution is 7.90. The smallest absolute Gasteiger partial charge is 0.144 e. The van der Waals surface area contributed by atoms with Crippen LogP contribution in [0.25, 0.3) is 0 Å². The van der Waals surface area contributed by atoms with Crippen LogP contribution in [0.1, 0.15) is 0 Å². The van der Waals surface area contributed by atoms with Gasteiger partial charge in [-0.2, -0.15) is 0 Å². The standard InChI is InChI=1S/2C2H6O2S/c2*1-5(2,3)4/h2*1-2H3. The van der Waals surface area contributed by atoms with E-state index >= 15 is 0 Å². The van der Waals surface area contributed by atoms with E-state index in [9.17, 15) is 16.8 Å². The Labute approximate surface area is 62.1 Å². The van der Waals surface area contributed by atoms with E-state index in [1.54, 1.807) is 0 Å². The van der Waals surface area contributed by atoms with Crippen LogP contribution in [0.2, 0.25) is 0 Å². The molecule has 0 bridgehead atoms. The van der Waals surface area contributed by atoms with Gasteiger partial charge in [-0.05, 0) is 0 Å². The van der Waals surface area contributed by atoms with Gasteiger partial charge >= 0.3 is 0 Å². The summed E-state index contributed by atoms with van der Waals surface area (Å²) in [5.74, 6) is 0. The van der Waals surface area contributed by atoms with Crippen LogP contribution in [-0.2, 0) is 19.7 Å². The largest absolute Gasteiger partial charge is 0.229 e. The summed E-state index contributed by atoms with van der Waals surface area (Å²) in [7, 11) is -5.33. The van der Waals surface area contributed by atoms with Crippen molar-refractivity contribution in [3.63, 3.8) is 0 Å². The lowest BCUT2D eigenvalue weighted by molar-refractivity contribution is 0.605. The second-order valence-corrected chi connectivity index (χ2v) is 6.86. The van der Waals surface area contributed by atoms with E-state index < -0.39 is 19.7 Å². The third-order valence-electron chi connectivity index (χ3n) is 0. The first-order valence-electron chi connectivity index (χ1n) is 2.30. The van der Waals surface area contributed by atoms with Crippen LogP contribution in [0, 0.1) is 0 Å². The van der Waals surface area contributed by atoms with Crippen LogP contribution in [0.5, 0.6) is 0 Å². The predicted molar refractivity (Wildman–Crippen MR) is 41.5 cm³/mol. The van der Waals surface area contributed by atoms with Gasteiger partial charge < -0.3 is 0 Å². The van der Waals surface area contributed by atoms with Crippen molar-refractivity contribution in [2.24, 2.45) is 0 Å². The molecule has 0 aromatic rings. The van der Waals surface area contributed by atoms with Crippen LogP contribution in [0.3, 0.4) is 0 Å². The highest BCUT2D eigenvalue weighted by atomic mass is 32.2. The first-order chi connectivity index (χ1) is 4.00. The lowest BCUT2D eigenvalue weighted by Gasteiger charge is -1.69. The molecule has 10 heavy (non-hydrogen) atoms. The van der Waals surface area contributed by atoms with E-state index in [1.165, 1.54) is 0 Å². The second-order valence-electron chi connectivity index (χ2n) is 2.29. The fraction of sp³-hybridized carbons (Fsp3) is 1.00. The van der Waals surface area contributed by atoms with Gasteiger partial charge in [0.2, 0.25) is 0 Å². The monoisotopic (exact) mass is 188 g/mol. The van der Waals surface area contributed by atoms with Crippen LogP contribution in [-0.4, -0.2) is 41.9 Å². The number of sulfone groups is 2. The zero-order valence-electron chi connectivity index (χ0n) is 6.45. The average Bonchev–Trinajstić information content (AvgIpc) is 1.12. The molecule has 0 saturated carbocycles. The highest BCUT2D eigenvalue weighted by Crippen LogP contribution is 1.62. The first-order valence-corrected chi connectivity index (χ1v) is 6.90. The van der Waals surface area contributed by atoms with E-state index in [-0.39, 0.29) is 0 Å². The van der Waals surface area contributed by atoms with Crippen molar-refractivity contribution in [1.29, 1.82) is 0 Å². The number of hydrogen-bond acceptors (Lipinski definition) is 4. The molecule has 0 fully saturated rings. The molecule has 0 atom stereocenters. The fourth-order valence-corrected chi connectivity index (χ4v) is 0. The molecular formula is C4H12O4S2. The van der Waals surface area contributed by atoms with Gasteiger partial charge in [0.15, 0.2) is 0 Å². The Kier molecular flexibility index (Phi) is 4.93. The maximum absolute atomic E-state index is 9.63. The van der Waals surface area contributed by atoms with Gasteiger partial charge in [0.1, 0.15) is 19.7 Å². The van der Waals surface area contributed by atoms with Crippen LogP contribution in [0.15, 0.2) is 0 Å². The van der Waals surface area contributed by atoms with E-state index in [0.717, 1.165) is 25.0 Å². The zero-order valence-corrected chi connectivity index (χ0v) is 8.08. The quantitative estimate of drug-likeness (QED) is 0.505. The van der Waals surface area contributed by atoms with Gasteiger partial charge in [-0.3, -0.25) is 0 Å². The maximum Gasteiger partial charge on any atom is 0.144 e. The van der Waals surface area contributed by atoms with Crippen molar-refractivity contribution in [3.05, 3.63) is 0 Å². The molecule has 0 aliphatic carbocycles. The molecule has 6 heteroatoms. The molecule has 0 aromatic heterocycles. The second kappa shape index (κ2) is 3.92. The Morgan fingerprint density at radius 2 is 0.600 bits per heavy atom. The molecule has 4 nitrogen and oxygen atoms in total. The summed E-state index contributed by atoms with van der Waals surface area (Å²) < 4.78 is 38.5. The number of hydrogen-bond donors (Lipinski definition) is 0. The highest BCUT2D eigenvalue weighted by Gasteiger charge is 1.79. The van der Waals surface area contributed by atoms with Crippen molar-refractivity contribution in [2.45, 2.75) is 0 Å². The Morgan fingerprint density at radius 1 is 0.600 bits per heavy atom. The Morgan fingerprint density at radius 3 is 0.600 bits per heavy atom. The maximum atomic E-state index is 9.63. The van der Waals surface area contributed by atoms with Gasteiger partial charge in [-0.25, -0.2) is 16.8 Å². The summed E-state index contributed by atoms with van der Waals surface area (Å²) in [4.78, 5) is 0. The molecule has 0 spiro atoms. The van der Waals surface area contributed by atoms with E-state index in [2.05, 4.69) is 0 Å². The van der Waals surface area contributed by atoms with Crippen molar-refractivity contribution in [2.75, 3.05) is 25.0 Å². The van der Waals surface area contributed by atoms with Gasteiger partial charge in [0, 0.05) is 25.0 Å². The Balaban J connectivity index is 0. The summed E-state index contributed by atoms with van der Waals surface area (Å²) in [5, 5.41) is 0. The summed E-state index contributed by atoms with van der Waals surface area (Å²) in [6, 6.07) is 0. The normalized spacial score (nSPS) is 11.6. The minimum Gasteiger partial charge on any atom is -0.229 e. The van der Waals surface area contributed by atoms with Crippen LogP contribution < -0.4 is 0 Å². The van der Waals surface area contributed by atoms with E-state index in [4.69, 9.17) is 0 Å². The molecular weight excluding hydrogens is 176 g/mol.